The molecule has 1 saturated heterocycles. The second kappa shape index (κ2) is 6.74. The summed E-state index contributed by atoms with van der Waals surface area (Å²) in [7, 11) is -3.81. The summed E-state index contributed by atoms with van der Waals surface area (Å²) < 4.78 is 22.9. The average Bonchev–Trinajstić information content (AvgIpc) is 2.42. The van der Waals surface area contributed by atoms with Gasteiger partial charge in [0.25, 0.3) is 0 Å². The number of carbonyl (C=O) groups is 1. The molecule has 122 valence electrons. The van der Waals surface area contributed by atoms with Gasteiger partial charge in [-0.3, -0.25) is 9.69 Å². The van der Waals surface area contributed by atoms with Crippen molar-refractivity contribution in [2.45, 2.75) is 30.8 Å². The molecule has 1 aliphatic heterocycles. The third kappa shape index (κ3) is 4.51. The van der Waals surface area contributed by atoms with E-state index in [1.807, 2.05) is 4.90 Å². The molecule has 7 nitrogen and oxygen atoms in total. The van der Waals surface area contributed by atoms with E-state index in [0.717, 1.165) is 0 Å². The number of likely N-dealkylation sites (tertiary alicyclic amines) is 1. The van der Waals surface area contributed by atoms with E-state index >= 15 is 0 Å². The van der Waals surface area contributed by atoms with Crippen LogP contribution >= 0.6 is 0 Å². The van der Waals surface area contributed by atoms with Crippen molar-refractivity contribution in [3.05, 3.63) is 23.8 Å². The van der Waals surface area contributed by atoms with Crippen LogP contribution in [0, 0.1) is 6.92 Å². The van der Waals surface area contributed by atoms with Gasteiger partial charge >= 0.3 is 0 Å². The van der Waals surface area contributed by atoms with Crippen molar-refractivity contribution in [3.63, 3.8) is 0 Å². The number of carbonyl (C=O) groups excluding carboxylic acids is 1. The predicted molar refractivity (Wildman–Crippen MR) is 82.9 cm³/mol. The highest BCUT2D eigenvalue weighted by Crippen LogP contribution is 2.19. The number of piperidine rings is 1. The number of sulfonamides is 1. The number of amides is 1. The first-order chi connectivity index (χ1) is 10.3. The van der Waals surface area contributed by atoms with Gasteiger partial charge in [-0.1, -0.05) is 6.07 Å². The number of nitrogens with two attached hydrogens (primary N) is 1. The van der Waals surface area contributed by atoms with E-state index < -0.39 is 10.0 Å². The Balaban J connectivity index is 2.00. The Morgan fingerprint density at radius 3 is 2.64 bits per heavy atom. The predicted octanol–water partition coefficient (Wildman–Crippen LogP) is 0.0376. The number of aliphatic hydroxyl groups is 1. The molecule has 1 fully saturated rings. The number of hydrogen-bond acceptors (Lipinski definition) is 5. The highest BCUT2D eigenvalue weighted by atomic mass is 32.2. The van der Waals surface area contributed by atoms with E-state index in [1.165, 1.54) is 6.07 Å². The Hall–Kier alpha value is -1.48. The van der Waals surface area contributed by atoms with Crippen molar-refractivity contribution in [2.24, 2.45) is 5.14 Å². The van der Waals surface area contributed by atoms with Gasteiger partial charge in [-0.05, 0) is 37.5 Å². The van der Waals surface area contributed by atoms with E-state index in [0.29, 0.717) is 37.2 Å². The third-order valence-electron chi connectivity index (χ3n) is 3.70. The van der Waals surface area contributed by atoms with Crippen molar-refractivity contribution < 1.29 is 18.3 Å². The molecule has 0 bridgehead atoms. The first kappa shape index (κ1) is 16.9. The Kier molecular flexibility index (Phi) is 5.17. The quantitative estimate of drug-likeness (QED) is 0.722. The Morgan fingerprint density at radius 1 is 1.41 bits per heavy atom. The maximum atomic E-state index is 12.0. The molecule has 22 heavy (non-hydrogen) atoms. The van der Waals surface area contributed by atoms with Gasteiger partial charge in [0, 0.05) is 18.8 Å². The van der Waals surface area contributed by atoms with Crippen LogP contribution in [-0.2, 0) is 14.8 Å². The highest BCUT2D eigenvalue weighted by Gasteiger charge is 2.19. The molecule has 0 atom stereocenters. The largest absolute Gasteiger partial charge is 0.393 e. The van der Waals surface area contributed by atoms with Crippen molar-refractivity contribution >= 4 is 21.6 Å². The molecule has 0 unspecified atom stereocenters. The van der Waals surface area contributed by atoms with Crippen LogP contribution in [0.2, 0.25) is 0 Å². The van der Waals surface area contributed by atoms with Crippen LogP contribution in [0.25, 0.3) is 0 Å². The standard InChI is InChI=1S/C14H21N3O4S/c1-10-2-3-11(8-13(10)22(15,20)21)16-14(19)9-17-6-4-12(18)5-7-17/h2-3,8,12,18H,4-7,9H2,1H3,(H,16,19)(H2,15,20,21). The molecular weight excluding hydrogens is 306 g/mol. The number of anilines is 1. The zero-order chi connectivity index (χ0) is 16.3. The summed E-state index contributed by atoms with van der Waals surface area (Å²) in [5.74, 6) is -0.222. The molecule has 4 N–H and O–H groups in total. The summed E-state index contributed by atoms with van der Waals surface area (Å²) in [6.07, 6.45) is 1.04. The first-order valence-corrected chi connectivity index (χ1v) is 8.64. The van der Waals surface area contributed by atoms with Gasteiger partial charge in [-0.15, -0.1) is 0 Å². The molecule has 0 spiro atoms. The smallest absolute Gasteiger partial charge is 0.238 e. The fourth-order valence-corrected chi connectivity index (χ4v) is 3.27. The molecule has 0 aromatic heterocycles. The van der Waals surface area contributed by atoms with Crippen molar-refractivity contribution in [1.82, 2.24) is 4.90 Å². The lowest BCUT2D eigenvalue weighted by Crippen LogP contribution is -2.40. The van der Waals surface area contributed by atoms with Gasteiger partial charge in [-0.2, -0.15) is 0 Å². The van der Waals surface area contributed by atoms with Crippen LogP contribution in [0.4, 0.5) is 5.69 Å². The number of rotatable bonds is 4. The number of nitrogens with zero attached hydrogens (tertiary/aromatic N) is 1. The van der Waals surface area contributed by atoms with Crippen molar-refractivity contribution in [1.29, 1.82) is 0 Å². The lowest BCUT2D eigenvalue weighted by molar-refractivity contribution is -0.117. The van der Waals surface area contributed by atoms with Crippen molar-refractivity contribution in [2.75, 3.05) is 25.0 Å². The van der Waals surface area contributed by atoms with E-state index in [-0.39, 0.29) is 23.5 Å². The zero-order valence-corrected chi connectivity index (χ0v) is 13.3. The number of primary sulfonamides is 1. The van der Waals surface area contributed by atoms with E-state index in [9.17, 15) is 18.3 Å². The summed E-state index contributed by atoms with van der Waals surface area (Å²) in [4.78, 5) is 14.0. The molecular formula is C14H21N3O4S. The average molecular weight is 327 g/mol. The molecule has 1 aromatic carbocycles. The fourth-order valence-electron chi connectivity index (χ4n) is 2.47. The number of nitrogens with one attached hydrogen (secondary N) is 1. The number of aliphatic hydroxyl groups excluding tert-OH is 1. The minimum absolute atomic E-state index is 0.00592. The van der Waals surface area contributed by atoms with Crippen LogP contribution in [0.3, 0.4) is 0 Å². The van der Waals surface area contributed by atoms with Gasteiger partial charge < -0.3 is 10.4 Å². The molecule has 1 amide bonds. The molecule has 1 aromatic rings. The third-order valence-corrected chi connectivity index (χ3v) is 4.76. The second-order valence-corrected chi connectivity index (χ2v) is 7.11. The minimum Gasteiger partial charge on any atom is -0.393 e. The van der Waals surface area contributed by atoms with Gasteiger partial charge in [-0.25, -0.2) is 13.6 Å². The molecule has 1 aliphatic rings. The fraction of sp³-hybridized carbons (Fsp3) is 0.500. The summed E-state index contributed by atoms with van der Waals surface area (Å²) >= 11 is 0. The van der Waals surface area contributed by atoms with E-state index in [1.54, 1.807) is 19.1 Å². The second-order valence-electron chi connectivity index (χ2n) is 5.58. The SMILES string of the molecule is Cc1ccc(NC(=O)CN2CCC(O)CC2)cc1S(N)(=O)=O. The Labute approximate surface area is 130 Å². The van der Waals surface area contributed by atoms with Crippen LogP contribution in [0.15, 0.2) is 23.1 Å². The summed E-state index contributed by atoms with van der Waals surface area (Å²) in [5.41, 5.74) is 0.933. The molecule has 8 heteroatoms. The number of hydrogen-bond donors (Lipinski definition) is 3. The lowest BCUT2D eigenvalue weighted by atomic mass is 10.1. The number of benzene rings is 1. The topological polar surface area (TPSA) is 113 Å². The zero-order valence-electron chi connectivity index (χ0n) is 12.4. The van der Waals surface area contributed by atoms with E-state index in [4.69, 9.17) is 5.14 Å². The maximum absolute atomic E-state index is 12.0. The summed E-state index contributed by atoms with van der Waals surface area (Å²) in [5, 5.41) is 17.3. The first-order valence-electron chi connectivity index (χ1n) is 7.09. The molecule has 0 radical (unpaired) electrons. The normalized spacial score (nSPS) is 17.4. The minimum atomic E-state index is -3.81. The molecule has 1 heterocycles. The number of aryl methyl sites for hydroxylation is 1. The summed E-state index contributed by atoms with van der Waals surface area (Å²) in [6, 6.07) is 4.61. The van der Waals surface area contributed by atoms with Crippen LogP contribution < -0.4 is 10.5 Å². The van der Waals surface area contributed by atoms with Crippen LogP contribution in [-0.4, -0.2) is 50.1 Å². The Morgan fingerprint density at radius 2 is 2.05 bits per heavy atom. The summed E-state index contributed by atoms with van der Waals surface area (Å²) in [6.45, 7) is 3.20. The van der Waals surface area contributed by atoms with Gasteiger partial charge in [0.1, 0.15) is 0 Å². The Bertz CT molecular complexity index is 652. The maximum Gasteiger partial charge on any atom is 0.238 e. The lowest BCUT2D eigenvalue weighted by Gasteiger charge is -2.28. The van der Waals surface area contributed by atoms with Gasteiger partial charge in [0.05, 0.1) is 17.5 Å². The van der Waals surface area contributed by atoms with Crippen LogP contribution in [0.5, 0.6) is 0 Å². The van der Waals surface area contributed by atoms with E-state index in [2.05, 4.69) is 5.32 Å². The molecule has 0 aliphatic carbocycles. The van der Waals surface area contributed by atoms with Gasteiger partial charge in [0.2, 0.25) is 15.9 Å². The van der Waals surface area contributed by atoms with Crippen molar-refractivity contribution in [3.8, 4) is 0 Å². The highest BCUT2D eigenvalue weighted by molar-refractivity contribution is 7.89. The monoisotopic (exact) mass is 327 g/mol. The molecule has 0 saturated carbocycles. The molecule has 2 rings (SSSR count). The van der Waals surface area contributed by atoms with Crippen LogP contribution in [0.1, 0.15) is 18.4 Å². The van der Waals surface area contributed by atoms with Gasteiger partial charge in [0.15, 0.2) is 0 Å².